The average molecular weight is 310 g/mol. The summed E-state index contributed by atoms with van der Waals surface area (Å²) in [6.07, 6.45) is 4.63. The molecule has 0 spiro atoms. The van der Waals surface area contributed by atoms with Crippen LogP contribution in [0, 0.1) is 5.82 Å². The Morgan fingerprint density at radius 3 is 2.81 bits per heavy atom. The predicted molar refractivity (Wildman–Crippen MR) is 84.0 cm³/mol. The molecule has 1 N–H and O–H groups in total. The number of hydrogen-bond acceptors (Lipinski definition) is 2. The van der Waals surface area contributed by atoms with Crippen molar-refractivity contribution in [2.45, 2.75) is 32.2 Å². The van der Waals surface area contributed by atoms with Crippen molar-refractivity contribution < 1.29 is 4.39 Å². The Morgan fingerprint density at radius 1 is 1.38 bits per heavy atom. The summed E-state index contributed by atoms with van der Waals surface area (Å²) in [5.74, 6) is -0.301. The van der Waals surface area contributed by atoms with E-state index < -0.39 is 0 Å². The number of aromatic nitrogens is 2. The summed E-state index contributed by atoms with van der Waals surface area (Å²) in [6.45, 7) is 3.03. The second-order valence-corrected chi connectivity index (χ2v) is 5.56. The second-order valence-electron chi connectivity index (χ2n) is 5.16. The maximum Gasteiger partial charge on any atom is 0.124 e. The molecular weight excluding hydrogens is 289 g/mol. The van der Waals surface area contributed by atoms with Gasteiger partial charge in [0.25, 0.3) is 0 Å². The zero-order valence-electron chi connectivity index (χ0n) is 12.4. The molecule has 5 heteroatoms. The van der Waals surface area contributed by atoms with Gasteiger partial charge in [0, 0.05) is 30.0 Å². The fourth-order valence-electron chi connectivity index (χ4n) is 2.41. The molecule has 1 atom stereocenters. The van der Waals surface area contributed by atoms with Crippen LogP contribution in [0.5, 0.6) is 0 Å². The molecule has 0 bridgehead atoms. The lowest BCUT2D eigenvalue weighted by Gasteiger charge is -2.20. The van der Waals surface area contributed by atoms with Gasteiger partial charge in [-0.15, -0.1) is 0 Å². The van der Waals surface area contributed by atoms with Crippen molar-refractivity contribution in [1.29, 1.82) is 0 Å². The first kappa shape index (κ1) is 16.0. The SMILES string of the molecule is CCCNC(CCc1ccnn1C)c1ccc(F)cc1Cl. The molecule has 0 amide bonds. The second kappa shape index (κ2) is 7.57. The topological polar surface area (TPSA) is 29.9 Å². The van der Waals surface area contributed by atoms with Gasteiger partial charge < -0.3 is 5.32 Å². The highest BCUT2D eigenvalue weighted by Gasteiger charge is 2.15. The van der Waals surface area contributed by atoms with E-state index in [1.54, 1.807) is 12.3 Å². The number of benzene rings is 1. The first-order chi connectivity index (χ1) is 10.1. The minimum absolute atomic E-state index is 0.118. The van der Waals surface area contributed by atoms with Crippen molar-refractivity contribution in [2.75, 3.05) is 6.54 Å². The zero-order chi connectivity index (χ0) is 15.2. The average Bonchev–Trinajstić information content (AvgIpc) is 2.85. The molecule has 1 aromatic heterocycles. The number of nitrogens with zero attached hydrogens (tertiary/aromatic N) is 2. The molecule has 1 aromatic carbocycles. The van der Waals surface area contributed by atoms with Crippen LogP contribution in [0.15, 0.2) is 30.5 Å². The van der Waals surface area contributed by atoms with E-state index >= 15 is 0 Å². The van der Waals surface area contributed by atoms with Crippen LogP contribution < -0.4 is 5.32 Å². The molecule has 0 aliphatic carbocycles. The van der Waals surface area contributed by atoms with Crippen LogP contribution in [0.3, 0.4) is 0 Å². The van der Waals surface area contributed by atoms with Gasteiger partial charge in [-0.3, -0.25) is 4.68 Å². The largest absolute Gasteiger partial charge is 0.310 e. The zero-order valence-corrected chi connectivity index (χ0v) is 13.2. The number of nitrogens with one attached hydrogen (secondary N) is 1. The van der Waals surface area contributed by atoms with Crippen molar-refractivity contribution >= 4 is 11.6 Å². The van der Waals surface area contributed by atoms with Crippen LogP contribution >= 0.6 is 11.6 Å². The lowest BCUT2D eigenvalue weighted by Crippen LogP contribution is -2.23. The summed E-state index contributed by atoms with van der Waals surface area (Å²) >= 11 is 6.20. The molecule has 21 heavy (non-hydrogen) atoms. The van der Waals surface area contributed by atoms with Crippen molar-refractivity contribution in [3.63, 3.8) is 0 Å². The fraction of sp³-hybridized carbons (Fsp3) is 0.438. The maximum absolute atomic E-state index is 13.2. The third kappa shape index (κ3) is 4.29. The third-order valence-corrected chi connectivity index (χ3v) is 3.92. The third-order valence-electron chi connectivity index (χ3n) is 3.59. The van der Waals surface area contributed by atoms with E-state index in [0.717, 1.165) is 31.4 Å². The molecule has 0 aliphatic rings. The molecule has 0 radical (unpaired) electrons. The standard InChI is InChI=1S/C16H21ClFN3/c1-3-9-19-16(7-5-13-8-10-20-21(13)2)14-6-4-12(18)11-15(14)17/h4,6,8,10-11,16,19H,3,5,7,9H2,1-2H3. The van der Waals surface area contributed by atoms with Gasteiger partial charge >= 0.3 is 0 Å². The highest BCUT2D eigenvalue weighted by atomic mass is 35.5. The van der Waals surface area contributed by atoms with Crippen LogP contribution in [-0.2, 0) is 13.5 Å². The van der Waals surface area contributed by atoms with E-state index in [0.29, 0.717) is 5.02 Å². The Morgan fingerprint density at radius 2 is 2.19 bits per heavy atom. The molecule has 1 heterocycles. The van der Waals surface area contributed by atoms with Gasteiger partial charge in [-0.2, -0.15) is 5.10 Å². The fourth-order valence-corrected chi connectivity index (χ4v) is 2.71. The summed E-state index contributed by atoms with van der Waals surface area (Å²) < 4.78 is 15.1. The number of halogens is 2. The van der Waals surface area contributed by atoms with Crippen LogP contribution in [0.4, 0.5) is 4.39 Å². The van der Waals surface area contributed by atoms with E-state index in [2.05, 4.69) is 17.3 Å². The Hall–Kier alpha value is -1.39. The Kier molecular flexibility index (Phi) is 5.76. The van der Waals surface area contributed by atoms with Gasteiger partial charge in [0.05, 0.1) is 0 Å². The first-order valence-corrected chi connectivity index (χ1v) is 7.64. The molecule has 2 aromatic rings. The smallest absolute Gasteiger partial charge is 0.124 e. The van der Waals surface area contributed by atoms with Crippen LogP contribution in [-0.4, -0.2) is 16.3 Å². The lowest BCUT2D eigenvalue weighted by molar-refractivity contribution is 0.491. The Bertz CT molecular complexity index is 583. The van der Waals surface area contributed by atoms with Crippen LogP contribution in [0.2, 0.25) is 5.02 Å². The molecule has 2 rings (SSSR count). The molecule has 0 saturated heterocycles. The maximum atomic E-state index is 13.2. The molecule has 0 saturated carbocycles. The molecule has 114 valence electrons. The van der Waals surface area contributed by atoms with Gasteiger partial charge in [0.1, 0.15) is 5.82 Å². The summed E-state index contributed by atoms with van der Waals surface area (Å²) in [4.78, 5) is 0. The van der Waals surface area contributed by atoms with Crippen molar-refractivity contribution in [1.82, 2.24) is 15.1 Å². The van der Waals surface area contributed by atoms with Gasteiger partial charge in [-0.1, -0.05) is 24.6 Å². The predicted octanol–water partition coefficient (Wildman–Crippen LogP) is 3.89. The minimum atomic E-state index is -0.301. The van der Waals surface area contributed by atoms with Gasteiger partial charge in [-0.25, -0.2) is 4.39 Å². The summed E-state index contributed by atoms with van der Waals surface area (Å²) in [5, 5.41) is 8.15. The number of hydrogen-bond donors (Lipinski definition) is 1. The van der Waals surface area contributed by atoms with Crippen molar-refractivity contribution in [3.8, 4) is 0 Å². The highest BCUT2D eigenvalue weighted by Crippen LogP contribution is 2.27. The number of rotatable bonds is 7. The van der Waals surface area contributed by atoms with Crippen molar-refractivity contribution in [3.05, 3.63) is 52.6 Å². The molecular formula is C16H21ClFN3. The Labute approximate surface area is 130 Å². The van der Waals surface area contributed by atoms with E-state index in [1.807, 2.05) is 17.8 Å². The summed E-state index contributed by atoms with van der Waals surface area (Å²) in [7, 11) is 1.94. The van der Waals surface area contributed by atoms with Crippen LogP contribution in [0.25, 0.3) is 0 Å². The quantitative estimate of drug-likeness (QED) is 0.841. The van der Waals surface area contributed by atoms with Gasteiger partial charge in [-0.05, 0) is 49.6 Å². The van der Waals surface area contributed by atoms with Gasteiger partial charge in [0.15, 0.2) is 0 Å². The molecule has 3 nitrogen and oxygen atoms in total. The molecule has 0 fully saturated rings. The lowest BCUT2D eigenvalue weighted by atomic mass is 10.0. The van der Waals surface area contributed by atoms with Crippen LogP contribution in [0.1, 0.15) is 37.1 Å². The summed E-state index contributed by atoms with van der Waals surface area (Å²) in [6, 6.07) is 6.75. The molecule has 1 unspecified atom stereocenters. The van der Waals surface area contributed by atoms with E-state index in [9.17, 15) is 4.39 Å². The van der Waals surface area contributed by atoms with E-state index in [-0.39, 0.29) is 11.9 Å². The molecule has 0 aliphatic heterocycles. The van der Waals surface area contributed by atoms with E-state index in [4.69, 9.17) is 11.6 Å². The number of aryl methyl sites for hydroxylation is 2. The summed E-state index contributed by atoms with van der Waals surface area (Å²) in [5.41, 5.74) is 2.13. The van der Waals surface area contributed by atoms with Gasteiger partial charge in [0.2, 0.25) is 0 Å². The van der Waals surface area contributed by atoms with E-state index in [1.165, 1.54) is 17.8 Å². The normalized spacial score (nSPS) is 12.6. The first-order valence-electron chi connectivity index (χ1n) is 7.27. The minimum Gasteiger partial charge on any atom is -0.310 e. The van der Waals surface area contributed by atoms with Crippen molar-refractivity contribution in [2.24, 2.45) is 7.05 Å². The Balaban J connectivity index is 2.12. The monoisotopic (exact) mass is 309 g/mol. The highest BCUT2D eigenvalue weighted by molar-refractivity contribution is 6.31.